The maximum absolute atomic E-state index is 13.4. The third kappa shape index (κ3) is 7.46. The van der Waals surface area contributed by atoms with Crippen molar-refractivity contribution in [2.45, 2.75) is 211 Å². The molecule has 0 aromatic rings. The number of aliphatic hydroxyl groups is 8. The van der Waals surface area contributed by atoms with Gasteiger partial charge in [0.05, 0.1) is 25.4 Å². The number of rotatable bonds is 8. The van der Waals surface area contributed by atoms with Crippen molar-refractivity contribution in [2.24, 2.45) is 45.3 Å². The van der Waals surface area contributed by atoms with E-state index in [4.69, 9.17) is 33.2 Å². The molecule has 16 heteroatoms. The van der Waals surface area contributed by atoms with Crippen molar-refractivity contribution in [1.82, 2.24) is 0 Å². The first-order valence-electron chi connectivity index (χ1n) is 23.2. The molecule has 8 N–H and O–H groups in total. The second kappa shape index (κ2) is 16.8. The summed E-state index contributed by atoms with van der Waals surface area (Å²) in [6.45, 7) is 16.7. The lowest BCUT2D eigenvalue weighted by Gasteiger charge is -2.70. The second-order valence-electron chi connectivity index (χ2n) is 22.0. The van der Waals surface area contributed by atoms with Crippen LogP contribution in [0.25, 0.3) is 0 Å². The monoisotopic (exact) mass is 882 g/mol. The van der Waals surface area contributed by atoms with Gasteiger partial charge in [-0.3, -0.25) is 0 Å². The SMILES string of the molecule is CC(C)=C[C@H]1C[C@@](O)([C@H]2CC[C@]3(C)[C@@H]2CC[C@@H]2[C@@]4(C)CC[C@H](O[C@@H]5OC[C@H](O)[C@H](O[C@@H]6OC[C@@H](O)[C@H](O)[C@H]6O)[C@H]5O[C@@H]5O[C@@H](C)[C@H](O)[C@@H](O)[C@H]5O)C(C)(C)[C@@H]4CC[C@]23C)C(=O)O1. The van der Waals surface area contributed by atoms with E-state index in [0.29, 0.717) is 18.8 Å². The highest BCUT2D eigenvalue weighted by Crippen LogP contribution is 2.76. The number of fused-ring (bicyclic) bond motifs is 5. The summed E-state index contributed by atoms with van der Waals surface area (Å²) in [4.78, 5) is 13.4. The Morgan fingerprint density at radius 2 is 1.31 bits per heavy atom. The Balaban J connectivity index is 1.02. The van der Waals surface area contributed by atoms with Gasteiger partial charge in [-0.05, 0) is 118 Å². The third-order valence-corrected chi connectivity index (χ3v) is 18.1. The summed E-state index contributed by atoms with van der Waals surface area (Å²) in [6, 6.07) is 0. The minimum absolute atomic E-state index is 0.0323. The maximum atomic E-state index is 13.4. The topological polar surface area (TPSA) is 244 Å². The lowest BCUT2D eigenvalue weighted by Crippen LogP contribution is -2.66. The molecule has 4 saturated heterocycles. The summed E-state index contributed by atoms with van der Waals surface area (Å²) >= 11 is 0. The standard InChI is InChI=1S/C46H74O16/c1-21(2)17-23-18-46(55,41(54)59-23)25-11-15-44(7)24(25)9-10-29-43(6)14-13-30(42(4,5)28(43)12-16-45(29,44)8)60-40-37(62-39-35(53)33(51)31(49)22(3)58-39)36(27(48)20-57-40)61-38-34(52)32(50)26(47)19-56-38/h17,22-40,47-53,55H,9-16,18-20H2,1-8H3/t22-,23-,24+,25-,26+,27-,28-,29+,30-,31-,32-,33+,34+,35+,36-,37+,38-,39-,40-,43-,44+,45+,46+/m0/s1. The van der Waals surface area contributed by atoms with Crippen molar-refractivity contribution in [2.75, 3.05) is 13.2 Å². The third-order valence-electron chi connectivity index (χ3n) is 18.1. The van der Waals surface area contributed by atoms with Gasteiger partial charge in [-0.15, -0.1) is 0 Å². The van der Waals surface area contributed by atoms with Gasteiger partial charge in [0, 0.05) is 12.3 Å². The molecule has 23 atom stereocenters. The van der Waals surface area contributed by atoms with Crippen molar-refractivity contribution in [3.63, 3.8) is 0 Å². The van der Waals surface area contributed by atoms with Gasteiger partial charge >= 0.3 is 5.97 Å². The molecule has 16 nitrogen and oxygen atoms in total. The minimum atomic E-state index is -1.69. The van der Waals surface area contributed by atoms with Crippen LogP contribution < -0.4 is 0 Å². The summed E-state index contributed by atoms with van der Waals surface area (Å²) in [5.74, 6) is 0.183. The zero-order valence-electron chi connectivity index (χ0n) is 37.7. The number of allylic oxidation sites excluding steroid dienone is 1. The summed E-state index contributed by atoms with van der Waals surface area (Å²) in [5, 5.41) is 86.8. The van der Waals surface area contributed by atoms with Gasteiger partial charge in [0.25, 0.3) is 0 Å². The molecule has 8 fully saturated rings. The van der Waals surface area contributed by atoms with Gasteiger partial charge in [-0.2, -0.15) is 0 Å². The Morgan fingerprint density at radius 3 is 2.02 bits per heavy atom. The number of aliphatic hydroxyl groups excluding tert-OH is 7. The number of ether oxygens (including phenoxy) is 7. The minimum Gasteiger partial charge on any atom is -0.456 e. The molecule has 0 spiro atoms. The quantitative estimate of drug-likeness (QED) is 0.0985. The molecule has 0 amide bonds. The van der Waals surface area contributed by atoms with E-state index in [0.717, 1.165) is 50.5 Å². The summed E-state index contributed by atoms with van der Waals surface area (Å²) in [7, 11) is 0. The number of hydrogen-bond acceptors (Lipinski definition) is 16. The second-order valence-corrected chi connectivity index (χ2v) is 22.0. The van der Waals surface area contributed by atoms with Crippen molar-refractivity contribution in [1.29, 1.82) is 0 Å². The molecular weight excluding hydrogens is 808 g/mol. The fourth-order valence-electron chi connectivity index (χ4n) is 14.7. The van der Waals surface area contributed by atoms with E-state index in [1.54, 1.807) is 0 Å². The maximum Gasteiger partial charge on any atom is 0.339 e. The molecule has 62 heavy (non-hydrogen) atoms. The zero-order chi connectivity index (χ0) is 45.1. The zero-order valence-corrected chi connectivity index (χ0v) is 37.7. The lowest BCUT2D eigenvalue weighted by molar-refractivity contribution is -0.383. The van der Waals surface area contributed by atoms with Gasteiger partial charge in [-0.1, -0.05) is 40.2 Å². The number of carbonyl (C=O) groups is 1. The average Bonchev–Trinajstić information content (AvgIpc) is 3.71. The van der Waals surface area contributed by atoms with E-state index in [9.17, 15) is 45.6 Å². The van der Waals surface area contributed by atoms with Crippen LogP contribution in [0.2, 0.25) is 0 Å². The van der Waals surface area contributed by atoms with Crippen LogP contribution in [0.4, 0.5) is 0 Å². The first-order chi connectivity index (χ1) is 29.0. The highest BCUT2D eigenvalue weighted by molar-refractivity contribution is 5.82. The molecule has 8 rings (SSSR count). The molecule has 0 bridgehead atoms. The molecule has 4 saturated carbocycles. The molecule has 8 aliphatic rings. The number of carbonyl (C=O) groups excluding carboxylic acids is 1. The molecule has 4 aliphatic heterocycles. The molecule has 0 aromatic carbocycles. The largest absolute Gasteiger partial charge is 0.456 e. The van der Waals surface area contributed by atoms with Crippen molar-refractivity contribution in [3.8, 4) is 0 Å². The van der Waals surface area contributed by atoms with Gasteiger partial charge in [0.2, 0.25) is 0 Å². The first kappa shape index (κ1) is 47.2. The van der Waals surface area contributed by atoms with Crippen LogP contribution >= 0.6 is 0 Å². The van der Waals surface area contributed by atoms with E-state index in [2.05, 4.69) is 34.6 Å². The number of esters is 1. The van der Waals surface area contributed by atoms with Crippen LogP contribution in [-0.2, 0) is 38.0 Å². The Bertz CT molecular complexity index is 1670. The number of cyclic esters (lactones) is 1. The average molecular weight is 883 g/mol. The van der Waals surface area contributed by atoms with Crippen LogP contribution in [0, 0.1) is 45.3 Å². The lowest BCUT2D eigenvalue weighted by atomic mass is 9.35. The number of hydrogen-bond donors (Lipinski definition) is 8. The van der Waals surface area contributed by atoms with Crippen molar-refractivity contribution in [3.05, 3.63) is 11.6 Å². The first-order valence-corrected chi connectivity index (χ1v) is 23.2. The Kier molecular flexibility index (Phi) is 12.7. The van der Waals surface area contributed by atoms with Gasteiger partial charge in [0.15, 0.2) is 24.5 Å². The highest BCUT2D eigenvalue weighted by Gasteiger charge is 2.71. The molecule has 0 radical (unpaired) electrons. The van der Waals surface area contributed by atoms with E-state index in [1.807, 2.05) is 19.9 Å². The van der Waals surface area contributed by atoms with Gasteiger partial charge < -0.3 is 74.0 Å². The highest BCUT2D eigenvalue weighted by atomic mass is 16.8. The molecule has 4 heterocycles. The van der Waals surface area contributed by atoms with E-state index >= 15 is 0 Å². The van der Waals surface area contributed by atoms with Crippen molar-refractivity contribution >= 4 is 5.97 Å². The van der Waals surface area contributed by atoms with Crippen molar-refractivity contribution < 1.29 is 78.8 Å². The fourth-order valence-corrected chi connectivity index (χ4v) is 14.7. The van der Waals surface area contributed by atoms with Crippen LogP contribution in [0.5, 0.6) is 0 Å². The van der Waals surface area contributed by atoms with E-state index in [-0.39, 0.29) is 53.3 Å². The molecular formula is C46H74O16. The predicted octanol–water partition coefficient (Wildman–Crippen LogP) is 1.82. The van der Waals surface area contributed by atoms with Crippen LogP contribution in [0.15, 0.2) is 11.6 Å². The Morgan fingerprint density at radius 1 is 0.661 bits per heavy atom. The van der Waals surface area contributed by atoms with Crippen LogP contribution in [0.3, 0.4) is 0 Å². The van der Waals surface area contributed by atoms with E-state index < -0.39 is 103 Å². The molecule has 0 unspecified atom stereocenters. The fraction of sp³-hybridized carbons (Fsp3) is 0.935. The molecule has 4 aliphatic carbocycles. The van der Waals surface area contributed by atoms with E-state index in [1.165, 1.54) is 6.92 Å². The van der Waals surface area contributed by atoms with Crippen LogP contribution in [-0.4, -0.2) is 158 Å². The van der Waals surface area contributed by atoms with Crippen LogP contribution in [0.1, 0.15) is 113 Å². The summed E-state index contributed by atoms with van der Waals surface area (Å²) in [5.41, 5.74) is -0.999. The molecule has 0 aromatic heterocycles. The summed E-state index contributed by atoms with van der Waals surface area (Å²) in [6.07, 6.45) is -9.87. The Hall–Kier alpha value is -1.35. The normalized spacial score (nSPS) is 55.1. The predicted molar refractivity (Wildman–Crippen MR) is 218 cm³/mol. The van der Waals surface area contributed by atoms with Gasteiger partial charge in [0.1, 0.15) is 61.0 Å². The summed E-state index contributed by atoms with van der Waals surface area (Å²) < 4.78 is 42.7. The smallest absolute Gasteiger partial charge is 0.339 e. The van der Waals surface area contributed by atoms with Gasteiger partial charge in [-0.25, -0.2) is 4.79 Å². The molecule has 354 valence electrons. The Labute approximate surface area is 365 Å².